The van der Waals surface area contributed by atoms with Gasteiger partial charge in [-0.15, -0.1) is 0 Å². The largest absolute Gasteiger partial charge is 0.356 e. The van der Waals surface area contributed by atoms with Crippen LogP contribution in [-0.4, -0.2) is 44.0 Å². The highest BCUT2D eigenvalue weighted by molar-refractivity contribution is 7.88. The molecule has 22 heavy (non-hydrogen) atoms. The van der Waals surface area contributed by atoms with Gasteiger partial charge in [0.25, 0.3) is 0 Å². The fourth-order valence-corrected chi connectivity index (χ4v) is 3.46. The van der Waals surface area contributed by atoms with E-state index in [0.29, 0.717) is 6.54 Å². The highest BCUT2D eigenvalue weighted by Gasteiger charge is 2.20. The van der Waals surface area contributed by atoms with Crippen molar-refractivity contribution in [2.24, 2.45) is 0 Å². The topological polar surface area (TPSA) is 66.5 Å². The Morgan fingerprint density at radius 2 is 1.86 bits per heavy atom. The summed E-state index contributed by atoms with van der Waals surface area (Å²) in [5.41, 5.74) is 1.25. The molecule has 6 heteroatoms. The van der Waals surface area contributed by atoms with E-state index in [1.54, 1.807) is 13.8 Å². The Bertz CT molecular complexity index is 556. The molecule has 1 rings (SSSR count). The molecule has 0 atom stereocenters. The standard InChI is InChI=1S/C16H26N2O3S/c1-14(2)18(22(3,20)21)13-11-16(19)17-12-7-10-15-8-5-4-6-9-15/h4-6,8-9,14H,7,10-13H2,1-3H3,(H,17,19). The SMILES string of the molecule is CC(C)N(CCC(=O)NCCCc1ccccc1)S(C)(=O)=O. The van der Waals surface area contributed by atoms with E-state index >= 15 is 0 Å². The summed E-state index contributed by atoms with van der Waals surface area (Å²) < 4.78 is 24.5. The van der Waals surface area contributed by atoms with E-state index in [4.69, 9.17) is 0 Å². The molecule has 0 fully saturated rings. The van der Waals surface area contributed by atoms with Crippen LogP contribution in [0.3, 0.4) is 0 Å². The van der Waals surface area contributed by atoms with Crippen molar-refractivity contribution < 1.29 is 13.2 Å². The van der Waals surface area contributed by atoms with Gasteiger partial charge < -0.3 is 5.32 Å². The lowest BCUT2D eigenvalue weighted by Crippen LogP contribution is -2.39. The Labute approximate surface area is 133 Å². The molecule has 1 amide bonds. The van der Waals surface area contributed by atoms with Crippen LogP contribution in [0.15, 0.2) is 30.3 Å². The molecule has 1 N–H and O–H groups in total. The Hall–Kier alpha value is -1.40. The minimum absolute atomic E-state index is 0.109. The molecule has 0 aliphatic heterocycles. The van der Waals surface area contributed by atoms with Gasteiger partial charge in [0, 0.05) is 25.6 Å². The number of carbonyl (C=O) groups excluding carboxylic acids is 1. The quantitative estimate of drug-likeness (QED) is 0.704. The van der Waals surface area contributed by atoms with Crippen molar-refractivity contribution in [3.8, 4) is 0 Å². The van der Waals surface area contributed by atoms with Gasteiger partial charge in [-0.25, -0.2) is 8.42 Å². The van der Waals surface area contributed by atoms with Crippen molar-refractivity contribution in [1.82, 2.24) is 9.62 Å². The minimum Gasteiger partial charge on any atom is -0.356 e. The average Bonchev–Trinajstić information content (AvgIpc) is 2.43. The van der Waals surface area contributed by atoms with Crippen LogP contribution in [0.5, 0.6) is 0 Å². The first-order valence-electron chi connectivity index (χ1n) is 7.58. The molecular weight excluding hydrogens is 300 g/mol. The molecule has 0 radical (unpaired) electrons. The molecule has 0 heterocycles. The summed E-state index contributed by atoms with van der Waals surface area (Å²) in [5.74, 6) is -0.109. The number of sulfonamides is 1. The molecule has 1 aromatic rings. The van der Waals surface area contributed by atoms with Crippen LogP contribution >= 0.6 is 0 Å². The summed E-state index contributed by atoms with van der Waals surface area (Å²) in [6, 6.07) is 9.97. The second-order valence-corrected chi connectivity index (χ2v) is 7.59. The van der Waals surface area contributed by atoms with Gasteiger partial charge in [0.2, 0.25) is 15.9 Å². The summed E-state index contributed by atoms with van der Waals surface area (Å²) in [4.78, 5) is 11.8. The fourth-order valence-electron chi connectivity index (χ4n) is 2.27. The average molecular weight is 326 g/mol. The molecular formula is C16H26N2O3S. The van der Waals surface area contributed by atoms with Gasteiger partial charge >= 0.3 is 0 Å². The molecule has 0 saturated heterocycles. The van der Waals surface area contributed by atoms with Crippen LogP contribution in [0.2, 0.25) is 0 Å². The van der Waals surface area contributed by atoms with Gasteiger partial charge in [0.05, 0.1) is 6.26 Å². The van der Waals surface area contributed by atoms with Gasteiger partial charge in [0.15, 0.2) is 0 Å². The Morgan fingerprint density at radius 3 is 2.41 bits per heavy atom. The number of carbonyl (C=O) groups is 1. The van der Waals surface area contributed by atoms with E-state index in [1.807, 2.05) is 18.2 Å². The van der Waals surface area contributed by atoms with Crippen LogP contribution in [0, 0.1) is 0 Å². The summed E-state index contributed by atoms with van der Waals surface area (Å²) in [6.07, 6.45) is 3.15. The maximum absolute atomic E-state index is 11.8. The first-order valence-corrected chi connectivity index (χ1v) is 9.43. The van der Waals surface area contributed by atoms with Crippen LogP contribution < -0.4 is 5.32 Å². The molecule has 0 spiro atoms. The maximum Gasteiger partial charge on any atom is 0.221 e. The molecule has 5 nitrogen and oxygen atoms in total. The third-order valence-corrected chi connectivity index (χ3v) is 4.82. The van der Waals surface area contributed by atoms with E-state index < -0.39 is 10.0 Å². The molecule has 0 saturated carbocycles. The second-order valence-electron chi connectivity index (χ2n) is 5.66. The highest BCUT2D eigenvalue weighted by atomic mass is 32.2. The van der Waals surface area contributed by atoms with Crippen LogP contribution in [0.4, 0.5) is 0 Å². The highest BCUT2D eigenvalue weighted by Crippen LogP contribution is 2.06. The zero-order valence-electron chi connectivity index (χ0n) is 13.6. The van der Waals surface area contributed by atoms with Gasteiger partial charge in [-0.2, -0.15) is 4.31 Å². The first-order chi connectivity index (χ1) is 10.3. The first kappa shape index (κ1) is 18.6. The maximum atomic E-state index is 11.8. The van der Waals surface area contributed by atoms with Gasteiger partial charge in [0.1, 0.15) is 0 Å². The molecule has 124 valence electrons. The summed E-state index contributed by atoms with van der Waals surface area (Å²) in [6.45, 7) is 4.44. The monoisotopic (exact) mass is 326 g/mol. The van der Waals surface area contributed by atoms with Gasteiger partial charge in [-0.1, -0.05) is 30.3 Å². The predicted molar refractivity (Wildman–Crippen MR) is 89.1 cm³/mol. The minimum atomic E-state index is -3.27. The van der Waals surface area contributed by atoms with Crippen LogP contribution in [0.25, 0.3) is 0 Å². The number of amides is 1. The van der Waals surface area contributed by atoms with E-state index in [-0.39, 0.29) is 24.9 Å². The third-order valence-electron chi connectivity index (χ3n) is 3.37. The van der Waals surface area contributed by atoms with E-state index in [2.05, 4.69) is 17.4 Å². The van der Waals surface area contributed by atoms with Crippen molar-refractivity contribution in [3.63, 3.8) is 0 Å². The second kappa shape index (κ2) is 8.90. The lowest BCUT2D eigenvalue weighted by Gasteiger charge is -2.23. The van der Waals surface area contributed by atoms with E-state index in [0.717, 1.165) is 12.8 Å². The van der Waals surface area contributed by atoms with Gasteiger partial charge in [-0.3, -0.25) is 4.79 Å². The van der Waals surface area contributed by atoms with Crippen LogP contribution in [-0.2, 0) is 21.2 Å². The number of hydrogen-bond acceptors (Lipinski definition) is 3. The predicted octanol–water partition coefficient (Wildman–Crippen LogP) is 1.80. The molecule has 1 aromatic carbocycles. The Balaban J connectivity index is 2.26. The number of benzene rings is 1. The zero-order chi connectivity index (χ0) is 16.6. The number of hydrogen-bond donors (Lipinski definition) is 1. The Kier molecular flexibility index (Phi) is 7.55. The summed E-state index contributed by atoms with van der Waals surface area (Å²) in [5, 5.41) is 2.84. The number of nitrogens with one attached hydrogen (secondary N) is 1. The van der Waals surface area contributed by atoms with Crippen molar-refractivity contribution in [1.29, 1.82) is 0 Å². The lowest BCUT2D eigenvalue weighted by atomic mass is 10.1. The summed E-state index contributed by atoms with van der Waals surface area (Å²) >= 11 is 0. The normalized spacial score (nSPS) is 11.9. The zero-order valence-corrected chi connectivity index (χ0v) is 14.4. The Morgan fingerprint density at radius 1 is 1.23 bits per heavy atom. The number of rotatable bonds is 9. The molecule has 0 aliphatic rings. The van der Waals surface area contributed by atoms with Crippen molar-refractivity contribution in [3.05, 3.63) is 35.9 Å². The lowest BCUT2D eigenvalue weighted by molar-refractivity contribution is -0.121. The van der Waals surface area contributed by atoms with Crippen molar-refractivity contribution >= 4 is 15.9 Å². The van der Waals surface area contributed by atoms with Crippen molar-refractivity contribution in [2.45, 2.75) is 39.2 Å². The molecule has 0 unspecified atom stereocenters. The fraction of sp³-hybridized carbons (Fsp3) is 0.562. The molecule has 0 aromatic heterocycles. The number of nitrogens with zero attached hydrogens (tertiary/aromatic N) is 1. The third kappa shape index (κ3) is 7.04. The smallest absolute Gasteiger partial charge is 0.221 e. The summed E-state index contributed by atoms with van der Waals surface area (Å²) in [7, 11) is -3.27. The molecule has 0 aliphatic carbocycles. The van der Waals surface area contributed by atoms with E-state index in [9.17, 15) is 13.2 Å². The van der Waals surface area contributed by atoms with Crippen LogP contribution in [0.1, 0.15) is 32.3 Å². The molecule has 0 bridgehead atoms. The van der Waals surface area contributed by atoms with Crippen molar-refractivity contribution in [2.75, 3.05) is 19.3 Å². The van der Waals surface area contributed by atoms with Gasteiger partial charge in [-0.05, 0) is 32.3 Å². The number of aryl methyl sites for hydroxylation is 1. The van der Waals surface area contributed by atoms with E-state index in [1.165, 1.54) is 16.1 Å².